The zero-order chi connectivity index (χ0) is 15.1. The van der Waals surface area contributed by atoms with Crippen molar-refractivity contribution in [1.82, 2.24) is 20.1 Å². The van der Waals surface area contributed by atoms with Crippen LogP contribution >= 0.6 is 0 Å². The predicted molar refractivity (Wildman–Crippen MR) is 86.8 cm³/mol. The summed E-state index contributed by atoms with van der Waals surface area (Å²) < 4.78 is 2.22. The second kappa shape index (κ2) is 5.51. The van der Waals surface area contributed by atoms with Gasteiger partial charge in [0.1, 0.15) is 12.2 Å². The topological polar surface area (TPSA) is 42.7 Å². The van der Waals surface area contributed by atoms with Crippen molar-refractivity contribution in [2.24, 2.45) is 5.92 Å². The molecule has 22 heavy (non-hydrogen) atoms. The van der Waals surface area contributed by atoms with Gasteiger partial charge in [0.15, 0.2) is 0 Å². The summed E-state index contributed by atoms with van der Waals surface area (Å²) in [7, 11) is 0. The fraction of sp³-hybridized carbons (Fsp3) is 0.556. The number of aryl methyl sites for hydroxylation is 1. The average Bonchev–Trinajstić information content (AvgIpc) is 3.16. The van der Waals surface area contributed by atoms with Gasteiger partial charge in [-0.05, 0) is 43.2 Å². The lowest BCUT2D eigenvalue weighted by Gasteiger charge is -2.19. The van der Waals surface area contributed by atoms with Gasteiger partial charge in [-0.25, -0.2) is 0 Å². The van der Waals surface area contributed by atoms with Gasteiger partial charge in [-0.2, -0.15) is 0 Å². The number of benzene rings is 1. The van der Waals surface area contributed by atoms with Gasteiger partial charge < -0.3 is 9.88 Å². The standard InChI is InChI=1S/C18H24N4/c1-12-3-4-15-10-13(2)17(16(15)9-12)19-7-8-22-11-20-21-18(22)14-5-6-14/h3-4,9,11,13-14,17,19H,5-8,10H2,1-2H3/t13-,17-/m0/s1. The van der Waals surface area contributed by atoms with Gasteiger partial charge in [-0.1, -0.05) is 30.7 Å². The van der Waals surface area contributed by atoms with Crippen LogP contribution in [0.4, 0.5) is 0 Å². The van der Waals surface area contributed by atoms with Gasteiger partial charge in [0.2, 0.25) is 0 Å². The zero-order valence-electron chi connectivity index (χ0n) is 13.4. The molecule has 0 radical (unpaired) electrons. The first kappa shape index (κ1) is 13.9. The van der Waals surface area contributed by atoms with E-state index in [0.717, 1.165) is 13.1 Å². The molecule has 2 aliphatic carbocycles. The lowest BCUT2D eigenvalue weighted by molar-refractivity contribution is 0.405. The maximum Gasteiger partial charge on any atom is 0.135 e. The van der Waals surface area contributed by atoms with Crippen LogP contribution in [0.5, 0.6) is 0 Å². The van der Waals surface area contributed by atoms with Crippen LogP contribution in [0.3, 0.4) is 0 Å². The Morgan fingerprint density at radius 1 is 1.32 bits per heavy atom. The minimum absolute atomic E-state index is 0.482. The highest BCUT2D eigenvalue weighted by molar-refractivity contribution is 5.38. The number of hydrogen-bond acceptors (Lipinski definition) is 3. The molecule has 0 amide bonds. The van der Waals surface area contributed by atoms with E-state index in [1.54, 1.807) is 0 Å². The Labute approximate surface area is 132 Å². The molecule has 1 saturated carbocycles. The Hall–Kier alpha value is -1.68. The molecule has 0 bridgehead atoms. The molecule has 1 N–H and O–H groups in total. The van der Waals surface area contributed by atoms with Crippen molar-refractivity contribution in [2.45, 2.75) is 51.6 Å². The van der Waals surface area contributed by atoms with E-state index in [9.17, 15) is 0 Å². The molecule has 2 atom stereocenters. The Morgan fingerprint density at radius 2 is 2.18 bits per heavy atom. The second-order valence-electron chi connectivity index (χ2n) is 6.97. The highest BCUT2D eigenvalue weighted by atomic mass is 15.3. The van der Waals surface area contributed by atoms with Crippen LogP contribution in [-0.4, -0.2) is 21.3 Å². The third-order valence-electron chi connectivity index (χ3n) is 5.05. The summed E-state index contributed by atoms with van der Waals surface area (Å²) in [5, 5.41) is 12.1. The molecule has 1 heterocycles. The Bertz CT molecular complexity index is 671. The number of fused-ring (bicyclic) bond motifs is 1. The van der Waals surface area contributed by atoms with E-state index in [1.165, 1.54) is 41.8 Å². The van der Waals surface area contributed by atoms with Crippen LogP contribution < -0.4 is 5.32 Å². The molecule has 1 aromatic carbocycles. The summed E-state index contributed by atoms with van der Waals surface area (Å²) >= 11 is 0. The third-order valence-corrected chi connectivity index (χ3v) is 5.05. The first-order valence-corrected chi connectivity index (χ1v) is 8.43. The van der Waals surface area contributed by atoms with Gasteiger partial charge in [-0.15, -0.1) is 10.2 Å². The normalized spacial score (nSPS) is 23.7. The third kappa shape index (κ3) is 2.56. The Morgan fingerprint density at radius 3 is 3.00 bits per heavy atom. The molecule has 116 valence electrons. The van der Waals surface area contributed by atoms with E-state index >= 15 is 0 Å². The van der Waals surface area contributed by atoms with Crippen molar-refractivity contribution in [2.75, 3.05) is 6.54 Å². The van der Waals surface area contributed by atoms with E-state index < -0.39 is 0 Å². The van der Waals surface area contributed by atoms with Crippen LogP contribution in [0.15, 0.2) is 24.5 Å². The van der Waals surface area contributed by atoms with Crippen LogP contribution in [0.2, 0.25) is 0 Å². The van der Waals surface area contributed by atoms with Crippen molar-refractivity contribution in [1.29, 1.82) is 0 Å². The minimum Gasteiger partial charge on any atom is -0.316 e. The van der Waals surface area contributed by atoms with Crippen molar-refractivity contribution in [3.8, 4) is 0 Å². The molecule has 2 aliphatic rings. The maximum absolute atomic E-state index is 4.28. The summed E-state index contributed by atoms with van der Waals surface area (Å²) in [6.07, 6.45) is 5.62. The van der Waals surface area contributed by atoms with E-state index in [2.05, 4.69) is 52.1 Å². The fourth-order valence-corrected chi connectivity index (χ4v) is 3.71. The Balaban J connectivity index is 1.42. The first-order chi connectivity index (χ1) is 10.7. The molecular weight excluding hydrogens is 272 g/mol. The number of rotatable bonds is 5. The van der Waals surface area contributed by atoms with E-state index in [1.807, 2.05) is 6.33 Å². The number of nitrogens with zero attached hydrogens (tertiary/aromatic N) is 3. The molecule has 4 rings (SSSR count). The monoisotopic (exact) mass is 296 g/mol. The fourth-order valence-electron chi connectivity index (χ4n) is 3.71. The summed E-state index contributed by atoms with van der Waals surface area (Å²) in [5.74, 6) is 2.51. The van der Waals surface area contributed by atoms with Crippen molar-refractivity contribution >= 4 is 0 Å². The first-order valence-electron chi connectivity index (χ1n) is 8.43. The van der Waals surface area contributed by atoms with Crippen LogP contribution in [-0.2, 0) is 13.0 Å². The Kier molecular flexibility index (Phi) is 3.49. The van der Waals surface area contributed by atoms with Gasteiger partial charge in [-0.3, -0.25) is 0 Å². The van der Waals surface area contributed by atoms with Crippen molar-refractivity contribution in [3.63, 3.8) is 0 Å². The maximum atomic E-state index is 4.28. The zero-order valence-corrected chi connectivity index (χ0v) is 13.4. The van der Waals surface area contributed by atoms with Gasteiger partial charge in [0.05, 0.1) is 0 Å². The van der Waals surface area contributed by atoms with Crippen LogP contribution in [0.1, 0.15) is 54.2 Å². The second-order valence-corrected chi connectivity index (χ2v) is 6.97. The van der Waals surface area contributed by atoms with Crippen molar-refractivity contribution in [3.05, 3.63) is 47.0 Å². The average molecular weight is 296 g/mol. The molecule has 2 aromatic rings. The van der Waals surface area contributed by atoms with Gasteiger partial charge in [0.25, 0.3) is 0 Å². The van der Waals surface area contributed by atoms with E-state index in [-0.39, 0.29) is 0 Å². The highest BCUT2D eigenvalue weighted by Crippen LogP contribution is 2.39. The summed E-state index contributed by atoms with van der Waals surface area (Å²) in [5.41, 5.74) is 4.37. The largest absolute Gasteiger partial charge is 0.316 e. The number of nitrogens with one attached hydrogen (secondary N) is 1. The molecule has 1 aromatic heterocycles. The van der Waals surface area contributed by atoms with E-state index in [4.69, 9.17) is 0 Å². The lowest BCUT2D eigenvalue weighted by atomic mass is 10.0. The number of aromatic nitrogens is 3. The molecule has 0 saturated heterocycles. The smallest absolute Gasteiger partial charge is 0.135 e. The summed E-state index contributed by atoms with van der Waals surface area (Å²) in [6.45, 7) is 6.46. The lowest BCUT2D eigenvalue weighted by Crippen LogP contribution is -2.27. The van der Waals surface area contributed by atoms with Gasteiger partial charge >= 0.3 is 0 Å². The minimum atomic E-state index is 0.482. The molecule has 4 heteroatoms. The number of hydrogen-bond donors (Lipinski definition) is 1. The van der Waals surface area contributed by atoms with Crippen LogP contribution in [0.25, 0.3) is 0 Å². The van der Waals surface area contributed by atoms with Crippen LogP contribution in [0, 0.1) is 12.8 Å². The predicted octanol–water partition coefficient (Wildman–Crippen LogP) is 2.99. The molecule has 0 spiro atoms. The molecule has 4 nitrogen and oxygen atoms in total. The summed E-state index contributed by atoms with van der Waals surface area (Å²) in [4.78, 5) is 0. The van der Waals surface area contributed by atoms with Crippen molar-refractivity contribution < 1.29 is 0 Å². The SMILES string of the molecule is Cc1ccc2c(c1)[C@@H](NCCn1cnnc1C1CC1)[C@@H](C)C2. The molecule has 0 unspecified atom stereocenters. The van der Waals surface area contributed by atoms with E-state index in [0.29, 0.717) is 17.9 Å². The molecular formula is C18H24N4. The molecule has 0 aliphatic heterocycles. The summed E-state index contributed by atoms with van der Waals surface area (Å²) in [6, 6.07) is 7.36. The molecule has 1 fully saturated rings. The van der Waals surface area contributed by atoms with Gasteiger partial charge in [0, 0.05) is 25.0 Å². The quantitative estimate of drug-likeness (QED) is 0.922. The highest BCUT2D eigenvalue weighted by Gasteiger charge is 2.30.